The fourth-order valence-corrected chi connectivity index (χ4v) is 0.250. The highest BCUT2D eigenvalue weighted by Gasteiger charge is 1.86. The molecular weight excluding hydrogens is 86.9 g/mol. The quantitative estimate of drug-likeness (QED) is 0.469. The summed E-state index contributed by atoms with van der Waals surface area (Å²) in [4.78, 5) is 10.2. The van der Waals surface area contributed by atoms with E-state index in [9.17, 15) is 4.79 Å². The van der Waals surface area contributed by atoms with E-state index in [1.165, 1.54) is 0 Å². The Bertz CT molecular complexity index is 46.0. The molecule has 0 aliphatic carbocycles. The van der Waals surface area contributed by atoms with Crippen molar-refractivity contribution in [3.8, 4) is 0 Å². The van der Waals surface area contributed by atoms with Gasteiger partial charge in [0.1, 0.15) is 5.78 Å². The van der Waals surface area contributed by atoms with Gasteiger partial charge in [-0.3, -0.25) is 4.79 Å². The van der Waals surface area contributed by atoms with Gasteiger partial charge in [0.05, 0.1) is 0 Å². The van der Waals surface area contributed by atoms with Crippen molar-refractivity contribution >= 4 is 14.2 Å². The van der Waals surface area contributed by atoms with Crippen molar-refractivity contribution in [1.82, 2.24) is 0 Å². The Hall–Kier alpha value is -0.265. The van der Waals surface area contributed by atoms with Gasteiger partial charge in [-0.05, 0) is 0 Å². The van der Waals surface area contributed by atoms with Gasteiger partial charge in [-0.2, -0.15) is 0 Å². The molecule has 0 aliphatic heterocycles. The fourth-order valence-electron chi connectivity index (χ4n) is 0.250. The predicted octanol–water partition coefficient (Wildman–Crippen LogP) is 0.995. The van der Waals surface area contributed by atoms with Crippen molar-refractivity contribution in [3.63, 3.8) is 0 Å². The van der Waals surface area contributed by atoms with E-state index in [2.05, 4.69) is 0 Å². The monoisotopic (exact) mass is 97.1 g/mol. The summed E-state index contributed by atoms with van der Waals surface area (Å²) >= 11 is 0. The third-order valence-electron chi connectivity index (χ3n) is 0.789. The number of hydrogen-bond donors (Lipinski definition) is 0. The molecular formula is C5H10BO. The fraction of sp³-hybridized carbons (Fsp3) is 0.800. The summed E-state index contributed by atoms with van der Waals surface area (Å²) in [5.74, 6) is 0.343. The summed E-state index contributed by atoms with van der Waals surface area (Å²) in [6.07, 6.45) is 1.38. The first-order valence-electron chi connectivity index (χ1n) is 2.33. The molecule has 0 aromatic carbocycles. The Morgan fingerprint density at radius 1 is 1.29 bits per heavy atom. The Kier molecular flexibility index (Phi) is 8.09. The second-order valence-electron chi connectivity index (χ2n) is 1.25. The second kappa shape index (κ2) is 5.73. The van der Waals surface area contributed by atoms with E-state index >= 15 is 0 Å². The number of Topliss-reactive ketones (excluding diaryl/α,β-unsaturated/α-hetero) is 1. The van der Waals surface area contributed by atoms with E-state index < -0.39 is 0 Å². The van der Waals surface area contributed by atoms with Crippen LogP contribution < -0.4 is 0 Å². The molecule has 1 nitrogen and oxygen atoms in total. The molecule has 3 radical (unpaired) electrons. The molecule has 0 heterocycles. The lowest BCUT2D eigenvalue weighted by Gasteiger charge is -1.81. The lowest BCUT2D eigenvalue weighted by atomic mass is 10.3. The first-order valence-corrected chi connectivity index (χ1v) is 2.33. The van der Waals surface area contributed by atoms with E-state index in [1.54, 1.807) is 0 Å². The maximum absolute atomic E-state index is 10.2. The molecule has 0 rings (SSSR count). The molecule has 0 amide bonds. The zero-order valence-electron chi connectivity index (χ0n) is 4.90. The number of ketones is 1. The van der Waals surface area contributed by atoms with Gasteiger partial charge in [0.2, 0.25) is 0 Å². The first-order chi connectivity index (χ1) is 2.81. The molecule has 39 valence electrons. The molecule has 0 atom stereocenters. The number of hydrogen-bond acceptors (Lipinski definition) is 1. The number of carbonyl (C=O) groups excluding carboxylic acids is 1. The summed E-state index contributed by atoms with van der Waals surface area (Å²) < 4.78 is 0. The number of carbonyl (C=O) groups is 1. The third-order valence-corrected chi connectivity index (χ3v) is 0.789. The van der Waals surface area contributed by atoms with Crippen LogP contribution in [0.4, 0.5) is 0 Å². The molecule has 0 aromatic heterocycles. The molecule has 0 fully saturated rings. The summed E-state index contributed by atoms with van der Waals surface area (Å²) in [5.41, 5.74) is 0. The molecule has 0 saturated carbocycles. The van der Waals surface area contributed by atoms with Crippen molar-refractivity contribution in [2.45, 2.75) is 26.7 Å². The average molecular weight is 96.9 g/mol. The standard InChI is InChI=1S/C5H10O.B/c1-3-5(6)4-2;/h3-4H2,1-2H3;. The maximum Gasteiger partial charge on any atom is 0.132 e. The molecule has 0 aromatic rings. The van der Waals surface area contributed by atoms with Crippen molar-refractivity contribution in [2.24, 2.45) is 0 Å². The summed E-state index contributed by atoms with van der Waals surface area (Å²) in [6, 6.07) is 0. The molecule has 0 unspecified atom stereocenters. The van der Waals surface area contributed by atoms with Crippen LogP contribution in [0.5, 0.6) is 0 Å². The zero-order valence-corrected chi connectivity index (χ0v) is 4.90. The van der Waals surface area contributed by atoms with Gasteiger partial charge in [0.15, 0.2) is 0 Å². The Labute approximate surface area is 46.7 Å². The van der Waals surface area contributed by atoms with Gasteiger partial charge in [-0.15, -0.1) is 0 Å². The highest BCUT2D eigenvalue weighted by atomic mass is 16.1. The van der Waals surface area contributed by atoms with Crippen LogP contribution in [0, 0.1) is 0 Å². The minimum atomic E-state index is 0. The summed E-state index contributed by atoms with van der Waals surface area (Å²) in [7, 11) is 0. The van der Waals surface area contributed by atoms with Crippen molar-refractivity contribution in [3.05, 3.63) is 0 Å². The van der Waals surface area contributed by atoms with Crippen LogP contribution in [0.2, 0.25) is 0 Å². The lowest BCUT2D eigenvalue weighted by molar-refractivity contribution is -0.118. The van der Waals surface area contributed by atoms with E-state index in [0.717, 1.165) is 0 Å². The second-order valence-corrected chi connectivity index (χ2v) is 1.25. The smallest absolute Gasteiger partial charge is 0.132 e. The molecule has 0 aliphatic rings. The van der Waals surface area contributed by atoms with Gasteiger partial charge in [-0.25, -0.2) is 0 Å². The average Bonchev–Trinajstić information content (AvgIpc) is 1.65. The van der Waals surface area contributed by atoms with Crippen molar-refractivity contribution < 1.29 is 4.79 Å². The summed E-state index contributed by atoms with van der Waals surface area (Å²) in [5, 5.41) is 0. The normalized spacial score (nSPS) is 7.14. The molecule has 0 spiro atoms. The van der Waals surface area contributed by atoms with E-state index in [0.29, 0.717) is 18.6 Å². The summed E-state index contributed by atoms with van der Waals surface area (Å²) in [6.45, 7) is 3.76. The third kappa shape index (κ3) is 5.73. The Morgan fingerprint density at radius 2 is 1.57 bits per heavy atom. The highest BCUT2D eigenvalue weighted by molar-refractivity contribution is 5.77. The van der Waals surface area contributed by atoms with Crippen LogP contribution >= 0.6 is 0 Å². The Morgan fingerprint density at radius 3 is 1.57 bits per heavy atom. The van der Waals surface area contributed by atoms with Crippen molar-refractivity contribution in [2.75, 3.05) is 0 Å². The Balaban J connectivity index is 0. The van der Waals surface area contributed by atoms with Crippen molar-refractivity contribution in [1.29, 1.82) is 0 Å². The maximum atomic E-state index is 10.2. The van der Waals surface area contributed by atoms with Crippen LogP contribution in [-0.2, 0) is 4.79 Å². The number of rotatable bonds is 2. The predicted molar refractivity (Wildman–Crippen MR) is 31.3 cm³/mol. The molecule has 2 heteroatoms. The minimum Gasteiger partial charge on any atom is -0.300 e. The van der Waals surface area contributed by atoms with E-state index in [-0.39, 0.29) is 8.41 Å². The van der Waals surface area contributed by atoms with E-state index in [1.807, 2.05) is 13.8 Å². The van der Waals surface area contributed by atoms with E-state index in [4.69, 9.17) is 0 Å². The van der Waals surface area contributed by atoms with Crippen LogP contribution in [-0.4, -0.2) is 14.2 Å². The topological polar surface area (TPSA) is 17.1 Å². The van der Waals surface area contributed by atoms with Crippen LogP contribution in [0.15, 0.2) is 0 Å². The van der Waals surface area contributed by atoms with Crippen LogP contribution in [0.1, 0.15) is 26.7 Å². The van der Waals surface area contributed by atoms with Crippen LogP contribution in [0.3, 0.4) is 0 Å². The van der Waals surface area contributed by atoms with Gasteiger partial charge in [0, 0.05) is 21.3 Å². The lowest BCUT2D eigenvalue weighted by Crippen LogP contribution is -1.88. The highest BCUT2D eigenvalue weighted by Crippen LogP contribution is 1.82. The molecule has 0 bridgehead atoms. The van der Waals surface area contributed by atoms with Gasteiger partial charge < -0.3 is 0 Å². The van der Waals surface area contributed by atoms with Crippen LogP contribution in [0.25, 0.3) is 0 Å². The SMILES string of the molecule is CCC(=O)CC.[B]. The largest absolute Gasteiger partial charge is 0.300 e. The first kappa shape index (κ1) is 9.88. The van der Waals surface area contributed by atoms with Gasteiger partial charge >= 0.3 is 0 Å². The minimum absolute atomic E-state index is 0. The molecule has 0 N–H and O–H groups in total. The zero-order chi connectivity index (χ0) is 4.99. The van der Waals surface area contributed by atoms with Gasteiger partial charge in [0.25, 0.3) is 0 Å². The molecule has 7 heavy (non-hydrogen) atoms. The molecule has 0 saturated heterocycles. The van der Waals surface area contributed by atoms with Gasteiger partial charge in [-0.1, -0.05) is 13.8 Å².